The topological polar surface area (TPSA) is 66.5 Å². The lowest BCUT2D eigenvalue weighted by atomic mass is 10.1. The number of halogens is 2. The molecule has 4 N–H and O–H groups in total. The molecule has 0 atom stereocenters. The van der Waals surface area contributed by atoms with E-state index in [0.29, 0.717) is 0 Å². The lowest BCUT2D eigenvalue weighted by Gasteiger charge is -2.05. The van der Waals surface area contributed by atoms with Crippen LogP contribution in [0.15, 0.2) is 16.6 Å². The van der Waals surface area contributed by atoms with E-state index in [1.54, 1.807) is 0 Å². The van der Waals surface area contributed by atoms with Crippen molar-refractivity contribution in [3.63, 3.8) is 0 Å². The van der Waals surface area contributed by atoms with Crippen molar-refractivity contribution < 1.29 is 14.6 Å². The summed E-state index contributed by atoms with van der Waals surface area (Å²) in [4.78, 5) is 0. The summed E-state index contributed by atoms with van der Waals surface area (Å²) in [6.07, 6.45) is 2.79. The maximum atomic E-state index is 13.4. The van der Waals surface area contributed by atoms with Gasteiger partial charge in [0.25, 0.3) is 0 Å². The normalized spacial score (nSPS) is 11.1. The Labute approximate surface area is 88.8 Å². The zero-order chi connectivity index (χ0) is 10.7. The second-order valence-corrected chi connectivity index (χ2v) is 3.45. The van der Waals surface area contributed by atoms with E-state index in [1.165, 1.54) is 12.2 Å². The molecule has 0 fully saturated rings. The number of phenolic OH excluding ortho intramolecular Hbond substituents is 2. The van der Waals surface area contributed by atoms with Crippen LogP contribution in [0, 0.1) is 5.82 Å². The van der Waals surface area contributed by atoms with Crippen LogP contribution in [0.2, 0.25) is 0 Å². The van der Waals surface area contributed by atoms with E-state index in [-0.39, 0.29) is 22.3 Å². The van der Waals surface area contributed by atoms with E-state index < -0.39 is 11.6 Å². The van der Waals surface area contributed by atoms with Crippen molar-refractivity contribution in [2.24, 2.45) is 5.73 Å². The van der Waals surface area contributed by atoms with Crippen LogP contribution in [0.5, 0.6) is 11.5 Å². The van der Waals surface area contributed by atoms with Crippen molar-refractivity contribution in [1.82, 2.24) is 0 Å². The van der Waals surface area contributed by atoms with E-state index in [2.05, 4.69) is 15.9 Å². The van der Waals surface area contributed by atoms with Gasteiger partial charge in [-0.15, -0.1) is 0 Å². The van der Waals surface area contributed by atoms with Crippen molar-refractivity contribution in [1.29, 1.82) is 0 Å². The second kappa shape index (κ2) is 4.43. The molecule has 0 amide bonds. The summed E-state index contributed by atoms with van der Waals surface area (Å²) in [5.74, 6) is -1.50. The van der Waals surface area contributed by atoms with Gasteiger partial charge in [-0.3, -0.25) is 0 Å². The molecule has 0 saturated heterocycles. The van der Waals surface area contributed by atoms with Crippen LogP contribution in [-0.4, -0.2) is 16.8 Å². The Hall–Kier alpha value is -1.07. The Morgan fingerprint density at radius 1 is 1.50 bits per heavy atom. The van der Waals surface area contributed by atoms with Gasteiger partial charge in [-0.1, -0.05) is 12.2 Å². The highest BCUT2D eigenvalue weighted by Crippen LogP contribution is 2.36. The molecule has 14 heavy (non-hydrogen) atoms. The Kier molecular flexibility index (Phi) is 3.49. The highest BCUT2D eigenvalue weighted by Gasteiger charge is 2.13. The van der Waals surface area contributed by atoms with Gasteiger partial charge in [0, 0.05) is 12.6 Å². The minimum absolute atomic E-state index is 0.0812. The average Bonchev–Trinajstić information content (AvgIpc) is 2.15. The Morgan fingerprint density at radius 2 is 2.14 bits per heavy atom. The number of nitrogens with two attached hydrogens (primary N) is 1. The maximum Gasteiger partial charge on any atom is 0.167 e. The summed E-state index contributed by atoms with van der Waals surface area (Å²) < 4.78 is 13.4. The lowest BCUT2D eigenvalue weighted by molar-refractivity contribution is 0.398. The molecular weight excluding hydrogens is 253 g/mol. The SMILES string of the molecule is NC/C=C/c1c(O)c(O)cc(Br)c1F. The van der Waals surface area contributed by atoms with E-state index in [0.717, 1.165) is 6.07 Å². The molecule has 76 valence electrons. The summed E-state index contributed by atoms with van der Waals surface area (Å²) in [7, 11) is 0. The number of benzene rings is 1. The molecular formula is C9H9BrFNO2. The molecule has 0 bridgehead atoms. The third-order valence-electron chi connectivity index (χ3n) is 1.63. The lowest BCUT2D eigenvalue weighted by Crippen LogP contribution is -1.93. The molecule has 0 saturated carbocycles. The van der Waals surface area contributed by atoms with Crippen molar-refractivity contribution in [2.45, 2.75) is 0 Å². The van der Waals surface area contributed by atoms with Crippen LogP contribution in [-0.2, 0) is 0 Å². The van der Waals surface area contributed by atoms with Gasteiger partial charge in [0.15, 0.2) is 11.5 Å². The molecule has 0 aliphatic heterocycles. The number of hydrogen-bond acceptors (Lipinski definition) is 3. The fraction of sp³-hybridized carbons (Fsp3) is 0.111. The zero-order valence-corrected chi connectivity index (χ0v) is 8.75. The van der Waals surface area contributed by atoms with Crippen LogP contribution < -0.4 is 5.73 Å². The van der Waals surface area contributed by atoms with Crippen molar-refractivity contribution >= 4 is 22.0 Å². The molecule has 0 unspecified atom stereocenters. The van der Waals surface area contributed by atoms with E-state index in [1.807, 2.05) is 0 Å². The zero-order valence-electron chi connectivity index (χ0n) is 7.17. The fourth-order valence-corrected chi connectivity index (χ4v) is 1.39. The first-order valence-corrected chi connectivity index (χ1v) is 4.63. The van der Waals surface area contributed by atoms with E-state index in [9.17, 15) is 14.6 Å². The molecule has 1 aromatic rings. The Bertz CT molecular complexity index is 353. The number of rotatable bonds is 2. The van der Waals surface area contributed by atoms with Crippen molar-refractivity contribution in [3.05, 3.63) is 28.0 Å². The first-order chi connectivity index (χ1) is 6.57. The summed E-state index contributed by atoms with van der Waals surface area (Å²) in [6.45, 7) is 0.228. The predicted octanol–water partition coefficient (Wildman–Crippen LogP) is 1.97. The van der Waals surface area contributed by atoms with Gasteiger partial charge in [-0.25, -0.2) is 4.39 Å². The third-order valence-corrected chi connectivity index (χ3v) is 2.20. The van der Waals surface area contributed by atoms with Gasteiger partial charge in [0.05, 0.1) is 10.0 Å². The molecule has 1 aromatic carbocycles. The Morgan fingerprint density at radius 3 is 2.71 bits per heavy atom. The van der Waals surface area contributed by atoms with Crippen molar-refractivity contribution in [3.8, 4) is 11.5 Å². The fourth-order valence-electron chi connectivity index (χ4n) is 0.960. The average molecular weight is 262 g/mol. The smallest absolute Gasteiger partial charge is 0.167 e. The first kappa shape index (κ1) is 11.0. The summed E-state index contributed by atoms with van der Waals surface area (Å²) in [5, 5.41) is 18.5. The van der Waals surface area contributed by atoms with E-state index >= 15 is 0 Å². The first-order valence-electron chi connectivity index (χ1n) is 3.84. The number of hydrogen-bond donors (Lipinski definition) is 3. The standard InChI is InChI=1S/C9H9BrFNO2/c10-6-4-7(13)9(14)5(8(6)11)2-1-3-12/h1-2,4,13-14H,3,12H2/b2-1+. The van der Waals surface area contributed by atoms with E-state index in [4.69, 9.17) is 5.73 Å². The monoisotopic (exact) mass is 261 g/mol. The molecule has 0 aromatic heterocycles. The highest BCUT2D eigenvalue weighted by atomic mass is 79.9. The summed E-state index contributed by atoms with van der Waals surface area (Å²) in [5.41, 5.74) is 5.11. The van der Waals surface area contributed by atoms with Gasteiger partial charge in [0.1, 0.15) is 5.82 Å². The number of aromatic hydroxyl groups is 2. The third kappa shape index (κ3) is 2.05. The maximum absolute atomic E-state index is 13.4. The minimum Gasteiger partial charge on any atom is -0.504 e. The van der Waals surface area contributed by atoms with Crippen LogP contribution in [0.25, 0.3) is 6.08 Å². The molecule has 1 rings (SSSR count). The summed E-state index contributed by atoms with van der Waals surface area (Å²) >= 11 is 2.91. The number of phenols is 2. The van der Waals surface area contributed by atoms with Gasteiger partial charge in [0.2, 0.25) is 0 Å². The second-order valence-electron chi connectivity index (χ2n) is 2.59. The van der Waals surface area contributed by atoms with Gasteiger partial charge in [-0.2, -0.15) is 0 Å². The van der Waals surface area contributed by atoms with Crippen LogP contribution in [0.1, 0.15) is 5.56 Å². The highest BCUT2D eigenvalue weighted by molar-refractivity contribution is 9.10. The molecule has 0 heterocycles. The molecule has 0 aliphatic carbocycles. The Balaban J connectivity index is 3.32. The molecule has 0 spiro atoms. The van der Waals surface area contributed by atoms with Crippen LogP contribution >= 0.6 is 15.9 Å². The van der Waals surface area contributed by atoms with Crippen molar-refractivity contribution in [2.75, 3.05) is 6.54 Å². The van der Waals surface area contributed by atoms with Gasteiger partial charge < -0.3 is 15.9 Å². The molecule has 0 aliphatic rings. The van der Waals surface area contributed by atoms with Gasteiger partial charge >= 0.3 is 0 Å². The van der Waals surface area contributed by atoms with Gasteiger partial charge in [-0.05, 0) is 15.9 Å². The van der Waals surface area contributed by atoms with Crippen LogP contribution in [0.3, 0.4) is 0 Å². The largest absolute Gasteiger partial charge is 0.504 e. The molecule has 3 nitrogen and oxygen atoms in total. The van der Waals surface area contributed by atoms with Crippen LogP contribution in [0.4, 0.5) is 4.39 Å². The molecule has 0 radical (unpaired) electrons. The quantitative estimate of drug-likeness (QED) is 0.714. The summed E-state index contributed by atoms with van der Waals surface area (Å²) in [6, 6.07) is 1.09. The minimum atomic E-state index is -0.634. The predicted molar refractivity (Wildman–Crippen MR) is 55.5 cm³/mol. The molecule has 5 heteroatoms.